The highest BCUT2D eigenvalue weighted by Crippen LogP contribution is 2.31. The van der Waals surface area contributed by atoms with Crippen molar-refractivity contribution in [2.45, 2.75) is 6.04 Å². The number of hydrogen-bond acceptors (Lipinski definition) is 1. The zero-order valence-electron chi connectivity index (χ0n) is 10.4. The SMILES string of the molecule is CNC(c1ccc(F)c(Br)c1)c1c(F)cc(Br)cc1F. The molecule has 1 nitrogen and oxygen atoms in total. The summed E-state index contributed by atoms with van der Waals surface area (Å²) in [7, 11) is 1.59. The van der Waals surface area contributed by atoms with Gasteiger partial charge in [0.05, 0.1) is 10.5 Å². The maximum absolute atomic E-state index is 14.0. The summed E-state index contributed by atoms with van der Waals surface area (Å²) in [5, 5.41) is 2.84. The van der Waals surface area contributed by atoms with Gasteiger partial charge < -0.3 is 5.32 Å². The Hall–Kier alpha value is -0.850. The molecule has 0 aliphatic heterocycles. The van der Waals surface area contributed by atoms with Gasteiger partial charge in [-0.3, -0.25) is 0 Å². The fourth-order valence-electron chi connectivity index (χ4n) is 2.00. The summed E-state index contributed by atoms with van der Waals surface area (Å²) in [5.41, 5.74) is 0.454. The van der Waals surface area contributed by atoms with Gasteiger partial charge in [-0.1, -0.05) is 22.0 Å². The Morgan fingerprint density at radius 1 is 0.950 bits per heavy atom. The van der Waals surface area contributed by atoms with Crippen LogP contribution in [-0.2, 0) is 0 Å². The molecule has 0 aliphatic carbocycles. The fourth-order valence-corrected chi connectivity index (χ4v) is 2.80. The second-order valence-electron chi connectivity index (χ2n) is 4.18. The summed E-state index contributed by atoms with van der Waals surface area (Å²) in [4.78, 5) is 0. The van der Waals surface area contributed by atoms with Crippen LogP contribution in [0.2, 0.25) is 0 Å². The van der Waals surface area contributed by atoms with Crippen LogP contribution in [0.5, 0.6) is 0 Å². The van der Waals surface area contributed by atoms with E-state index in [4.69, 9.17) is 0 Å². The molecule has 0 aliphatic rings. The number of rotatable bonds is 3. The van der Waals surface area contributed by atoms with Crippen LogP contribution in [0, 0.1) is 17.5 Å². The molecule has 2 aromatic carbocycles. The first-order valence-electron chi connectivity index (χ1n) is 5.70. The average molecular weight is 409 g/mol. The van der Waals surface area contributed by atoms with Crippen LogP contribution in [0.25, 0.3) is 0 Å². The molecule has 1 unspecified atom stereocenters. The van der Waals surface area contributed by atoms with E-state index in [2.05, 4.69) is 37.2 Å². The van der Waals surface area contributed by atoms with Crippen molar-refractivity contribution in [3.63, 3.8) is 0 Å². The highest BCUT2D eigenvalue weighted by atomic mass is 79.9. The summed E-state index contributed by atoms with van der Waals surface area (Å²) in [6, 6.07) is 5.92. The summed E-state index contributed by atoms with van der Waals surface area (Å²) >= 11 is 6.11. The molecule has 0 radical (unpaired) electrons. The van der Waals surface area contributed by atoms with Crippen molar-refractivity contribution < 1.29 is 13.2 Å². The van der Waals surface area contributed by atoms with Gasteiger partial charge in [-0.2, -0.15) is 0 Å². The molecule has 1 N–H and O–H groups in total. The smallest absolute Gasteiger partial charge is 0.137 e. The minimum absolute atomic E-state index is 0.103. The minimum Gasteiger partial charge on any atom is -0.309 e. The molecule has 0 saturated carbocycles. The van der Waals surface area contributed by atoms with Crippen molar-refractivity contribution in [1.82, 2.24) is 5.32 Å². The molecule has 106 valence electrons. The Morgan fingerprint density at radius 3 is 2.05 bits per heavy atom. The summed E-state index contributed by atoms with van der Waals surface area (Å²) in [6.07, 6.45) is 0. The van der Waals surface area contributed by atoms with E-state index in [0.717, 1.165) is 0 Å². The Morgan fingerprint density at radius 2 is 1.55 bits per heavy atom. The van der Waals surface area contributed by atoms with E-state index in [0.29, 0.717) is 10.0 Å². The predicted octanol–water partition coefficient (Wildman–Crippen LogP) is 4.94. The lowest BCUT2D eigenvalue weighted by Gasteiger charge is -2.19. The molecule has 1 atom stereocenters. The van der Waals surface area contributed by atoms with E-state index in [1.165, 1.54) is 30.3 Å². The Kier molecular flexibility index (Phi) is 4.88. The van der Waals surface area contributed by atoms with Gasteiger partial charge in [0, 0.05) is 10.0 Å². The zero-order chi connectivity index (χ0) is 14.9. The van der Waals surface area contributed by atoms with E-state index in [1.54, 1.807) is 7.05 Å². The van der Waals surface area contributed by atoms with Crippen molar-refractivity contribution in [2.24, 2.45) is 0 Å². The third-order valence-electron chi connectivity index (χ3n) is 2.90. The molecule has 20 heavy (non-hydrogen) atoms. The van der Waals surface area contributed by atoms with Gasteiger partial charge in [0.1, 0.15) is 17.5 Å². The van der Waals surface area contributed by atoms with Gasteiger partial charge in [0.2, 0.25) is 0 Å². The van der Waals surface area contributed by atoms with Crippen LogP contribution in [-0.4, -0.2) is 7.05 Å². The molecule has 6 heteroatoms. The standard InChI is InChI=1S/C14H10Br2F3N/c1-20-14(7-2-3-10(17)9(16)4-7)13-11(18)5-8(15)6-12(13)19/h2-6,14,20H,1H3. The first-order chi connectivity index (χ1) is 9.43. The van der Waals surface area contributed by atoms with Crippen molar-refractivity contribution in [1.29, 1.82) is 0 Å². The first kappa shape index (κ1) is 15.5. The van der Waals surface area contributed by atoms with Crippen LogP contribution in [0.15, 0.2) is 39.3 Å². The van der Waals surface area contributed by atoms with Gasteiger partial charge in [0.25, 0.3) is 0 Å². The van der Waals surface area contributed by atoms with E-state index in [1.807, 2.05) is 0 Å². The molecular weight excluding hydrogens is 399 g/mol. The maximum atomic E-state index is 14.0. The van der Waals surface area contributed by atoms with E-state index >= 15 is 0 Å². The highest BCUT2D eigenvalue weighted by Gasteiger charge is 2.22. The number of hydrogen-bond donors (Lipinski definition) is 1. The minimum atomic E-state index is -0.708. The molecule has 0 spiro atoms. The second-order valence-corrected chi connectivity index (χ2v) is 5.95. The number of benzene rings is 2. The van der Waals surface area contributed by atoms with Crippen molar-refractivity contribution in [2.75, 3.05) is 7.05 Å². The van der Waals surface area contributed by atoms with Crippen LogP contribution >= 0.6 is 31.9 Å². The first-order valence-corrected chi connectivity index (χ1v) is 7.29. The second kappa shape index (κ2) is 6.28. The van der Waals surface area contributed by atoms with Gasteiger partial charge >= 0.3 is 0 Å². The summed E-state index contributed by atoms with van der Waals surface area (Å²) in [5.74, 6) is -1.77. The lowest BCUT2D eigenvalue weighted by atomic mass is 9.98. The van der Waals surface area contributed by atoms with E-state index in [-0.39, 0.29) is 10.0 Å². The Bertz CT molecular complexity index is 623. The fraction of sp³-hybridized carbons (Fsp3) is 0.143. The van der Waals surface area contributed by atoms with Crippen molar-refractivity contribution >= 4 is 31.9 Å². The summed E-state index contributed by atoms with van der Waals surface area (Å²) < 4.78 is 41.9. The van der Waals surface area contributed by atoms with Crippen molar-refractivity contribution in [3.05, 3.63) is 67.9 Å². The molecular formula is C14H10Br2F3N. The zero-order valence-corrected chi connectivity index (χ0v) is 13.5. The van der Waals surface area contributed by atoms with Crippen LogP contribution < -0.4 is 5.32 Å². The molecule has 2 aromatic rings. The number of halogens is 5. The summed E-state index contributed by atoms with van der Waals surface area (Å²) in [6.45, 7) is 0. The normalized spacial score (nSPS) is 12.5. The van der Waals surface area contributed by atoms with E-state index in [9.17, 15) is 13.2 Å². The monoisotopic (exact) mass is 407 g/mol. The average Bonchev–Trinajstić information content (AvgIpc) is 2.37. The molecule has 0 saturated heterocycles. The largest absolute Gasteiger partial charge is 0.309 e. The molecule has 0 aromatic heterocycles. The topological polar surface area (TPSA) is 12.0 Å². The predicted molar refractivity (Wildman–Crippen MR) is 79.1 cm³/mol. The van der Waals surface area contributed by atoms with Gasteiger partial charge in [-0.25, -0.2) is 13.2 Å². The van der Waals surface area contributed by atoms with Gasteiger partial charge in [-0.15, -0.1) is 0 Å². The molecule has 0 amide bonds. The quantitative estimate of drug-likeness (QED) is 0.758. The van der Waals surface area contributed by atoms with Crippen LogP contribution in [0.1, 0.15) is 17.2 Å². The van der Waals surface area contributed by atoms with E-state index < -0.39 is 23.5 Å². The lowest BCUT2D eigenvalue weighted by molar-refractivity contribution is 0.520. The third-order valence-corrected chi connectivity index (χ3v) is 3.96. The molecule has 2 rings (SSSR count). The highest BCUT2D eigenvalue weighted by molar-refractivity contribution is 9.10. The molecule has 0 heterocycles. The van der Waals surface area contributed by atoms with Gasteiger partial charge in [-0.05, 0) is 52.8 Å². The Balaban J connectivity index is 2.55. The van der Waals surface area contributed by atoms with Gasteiger partial charge in [0.15, 0.2) is 0 Å². The van der Waals surface area contributed by atoms with Crippen LogP contribution in [0.3, 0.4) is 0 Å². The Labute approximate surface area is 131 Å². The molecule has 0 fully saturated rings. The lowest BCUT2D eigenvalue weighted by Crippen LogP contribution is -2.20. The van der Waals surface area contributed by atoms with Crippen molar-refractivity contribution in [3.8, 4) is 0 Å². The molecule has 0 bridgehead atoms. The number of nitrogens with one attached hydrogen (secondary N) is 1. The van der Waals surface area contributed by atoms with Crippen LogP contribution in [0.4, 0.5) is 13.2 Å². The maximum Gasteiger partial charge on any atom is 0.137 e. The third kappa shape index (κ3) is 3.07.